The van der Waals surface area contributed by atoms with Gasteiger partial charge in [0.1, 0.15) is 0 Å². The molecule has 1 amide bonds. The van der Waals surface area contributed by atoms with Crippen LogP contribution in [0.15, 0.2) is 47.3 Å². The first-order chi connectivity index (χ1) is 14.6. The van der Waals surface area contributed by atoms with Gasteiger partial charge in [0.25, 0.3) is 5.56 Å². The van der Waals surface area contributed by atoms with E-state index >= 15 is 0 Å². The summed E-state index contributed by atoms with van der Waals surface area (Å²) in [6.45, 7) is 2.35. The van der Waals surface area contributed by atoms with Gasteiger partial charge in [-0.1, -0.05) is 12.1 Å². The summed E-state index contributed by atoms with van der Waals surface area (Å²) in [7, 11) is 0. The smallest absolute Gasteiger partial charge is 0.250 e. The van der Waals surface area contributed by atoms with E-state index in [1.54, 1.807) is 12.1 Å². The lowest BCUT2D eigenvalue weighted by Gasteiger charge is -2.43. The maximum absolute atomic E-state index is 12.4. The number of rotatable bonds is 2. The van der Waals surface area contributed by atoms with E-state index in [1.165, 1.54) is 6.08 Å². The molecule has 0 radical (unpaired) electrons. The first-order valence-corrected chi connectivity index (χ1v) is 10.3. The van der Waals surface area contributed by atoms with E-state index in [9.17, 15) is 9.59 Å². The van der Waals surface area contributed by atoms with Crippen molar-refractivity contribution in [3.63, 3.8) is 0 Å². The Morgan fingerprint density at radius 3 is 2.90 bits per heavy atom. The molecule has 7 nitrogen and oxygen atoms in total. The fourth-order valence-corrected chi connectivity index (χ4v) is 4.73. The lowest BCUT2D eigenvalue weighted by Crippen LogP contribution is -2.52. The Morgan fingerprint density at radius 1 is 1.13 bits per heavy atom. The Bertz CT molecular complexity index is 1110. The molecule has 0 spiro atoms. The van der Waals surface area contributed by atoms with Gasteiger partial charge < -0.3 is 18.9 Å². The number of aromatic nitrogens is 1. The summed E-state index contributed by atoms with van der Waals surface area (Å²) in [5.41, 5.74) is 1.95. The number of pyridine rings is 1. The number of hydrogen-bond donors (Lipinski definition) is 1. The second-order valence-corrected chi connectivity index (χ2v) is 8.23. The van der Waals surface area contributed by atoms with E-state index in [0.717, 1.165) is 24.2 Å². The molecule has 0 unspecified atom stereocenters. The van der Waals surface area contributed by atoms with E-state index < -0.39 is 0 Å². The maximum Gasteiger partial charge on any atom is 0.250 e. The zero-order valence-electron chi connectivity index (χ0n) is 16.2. The number of carbonyl (C=O) groups excluding carboxylic acids is 1. The normalized spacial score (nSPS) is 21.4. The number of nitrogens with one attached hydrogen (secondary N) is 1. The molecule has 1 N–H and O–H groups in total. The molecule has 1 fully saturated rings. The van der Waals surface area contributed by atoms with E-state index in [1.807, 2.05) is 39.8 Å². The van der Waals surface area contributed by atoms with Crippen LogP contribution in [0.25, 0.3) is 6.08 Å². The molecule has 30 heavy (non-hydrogen) atoms. The number of fused-ring (bicyclic) bond motifs is 5. The molecule has 3 aliphatic rings. The summed E-state index contributed by atoms with van der Waals surface area (Å²) in [6.07, 6.45) is 4.22. The second kappa shape index (κ2) is 7.60. The number of piperidine rings is 1. The minimum atomic E-state index is -0.273. The molecule has 8 heteroatoms. The number of carbonyl (C=O) groups is 1. The van der Waals surface area contributed by atoms with Crippen molar-refractivity contribution in [3.8, 4) is 11.5 Å². The van der Waals surface area contributed by atoms with Crippen molar-refractivity contribution in [1.82, 2.24) is 14.8 Å². The summed E-state index contributed by atoms with van der Waals surface area (Å²) in [5, 5.41) is 3.23. The Balaban J connectivity index is 1.23. The third kappa shape index (κ3) is 3.59. The van der Waals surface area contributed by atoms with Crippen molar-refractivity contribution in [1.29, 1.82) is 0 Å². The molecule has 1 aromatic carbocycles. The van der Waals surface area contributed by atoms with E-state index in [4.69, 9.17) is 21.7 Å². The molecule has 2 atom stereocenters. The molecule has 4 heterocycles. The first-order valence-electron chi connectivity index (χ1n) is 9.94. The zero-order valence-corrected chi connectivity index (χ0v) is 17.1. The van der Waals surface area contributed by atoms with Crippen molar-refractivity contribution < 1.29 is 14.3 Å². The molecule has 154 valence electrons. The largest absolute Gasteiger partial charge is 0.454 e. The summed E-state index contributed by atoms with van der Waals surface area (Å²) < 4.78 is 12.5. The molecule has 1 aromatic heterocycles. The van der Waals surface area contributed by atoms with E-state index in [0.29, 0.717) is 35.6 Å². The van der Waals surface area contributed by atoms with Crippen LogP contribution < -0.4 is 20.3 Å². The number of hydrogen-bond acceptors (Lipinski definition) is 5. The number of benzene rings is 1. The minimum Gasteiger partial charge on any atom is -0.454 e. The minimum absolute atomic E-state index is 0.0557. The van der Waals surface area contributed by atoms with E-state index in [2.05, 4.69) is 5.32 Å². The van der Waals surface area contributed by atoms with Gasteiger partial charge in [0, 0.05) is 43.4 Å². The fourth-order valence-electron chi connectivity index (χ4n) is 4.48. The van der Waals surface area contributed by atoms with Crippen LogP contribution in [-0.4, -0.2) is 40.4 Å². The van der Waals surface area contributed by atoms with Gasteiger partial charge >= 0.3 is 0 Å². The highest BCUT2D eigenvalue weighted by molar-refractivity contribution is 7.80. The fraction of sp³-hybridized carbons (Fsp3) is 0.318. The first kappa shape index (κ1) is 18.9. The van der Waals surface area contributed by atoms with Crippen LogP contribution in [0.2, 0.25) is 0 Å². The average molecular weight is 423 g/mol. The van der Waals surface area contributed by atoms with Gasteiger partial charge in [-0.25, -0.2) is 0 Å². The molecule has 2 aromatic rings. The Morgan fingerprint density at radius 2 is 2.00 bits per heavy atom. The van der Waals surface area contributed by atoms with Crippen LogP contribution in [0.3, 0.4) is 0 Å². The van der Waals surface area contributed by atoms with Gasteiger partial charge in [0.15, 0.2) is 16.6 Å². The van der Waals surface area contributed by atoms with Gasteiger partial charge in [-0.05, 0) is 54.4 Å². The Kier molecular flexibility index (Phi) is 4.78. The topological polar surface area (TPSA) is 72.8 Å². The molecule has 2 bridgehead atoms. The lowest BCUT2D eigenvalue weighted by atomic mass is 9.83. The lowest BCUT2D eigenvalue weighted by molar-refractivity contribution is -0.115. The monoisotopic (exact) mass is 423 g/mol. The molecule has 1 saturated heterocycles. The van der Waals surface area contributed by atoms with E-state index in [-0.39, 0.29) is 24.2 Å². The summed E-state index contributed by atoms with van der Waals surface area (Å²) in [6, 6.07) is 11.0. The van der Waals surface area contributed by atoms with Crippen LogP contribution in [0.1, 0.15) is 23.6 Å². The number of ether oxygens (including phenoxy) is 2. The number of thiocarbonyl (C=S) groups is 1. The van der Waals surface area contributed by atoms with Gasteiger partial charge in [0.05, 0.1) is 0 Å². The molecule has 5 rings (SSSR count). The molecule has 0 aliphatic carbocycles. The Hall–Kier alpha value is -3.13. The van der Waals surface area contributed by atoms with Crippen LogP contribution in [0, 0.1) is 5.92 Å². The van der Waals surface area contributed by atoms with Crippen molar-refractivity contribution >= 4 is 29.3 Å². The summed E-state index contributed by atoms with van der Waals surface area (Å²) >= 11 is 5.50. The van der Waals surface area contributed by atoms with Crippen molar-refractivity contribution in [2.75, 3.05) is 19.9 Å². The maximum atomic E-state index is 12.4. The predicted molar refractivity (Wildman–Crippen MR) is 115 cm³/mol. The number of nitrogens with zero attached hydrogens (tertiary/aromatic N) is 2. The van der Waals surface area contributed by atoms with Crippen LogP contribution >= 0.6 is 12.2 Å². The zero-order chi connectivity index (χ0) is 20.7. The standard InChI is InChI=1S/C22H21N3O4S/c26-20(7-5-14-4-6-18-19(9-14)29-13-28-18)23-22(30)24-10-15-8-16(12-24)17-2-1-3-21(27)25(17)11-15/h1-7,9,15-16H,8,10-13H2,(H,23,26,30)/b7-5+/t15-,16+/m0/s1. The quantitative estimate of drug-likeness (QED) is 0.589. The third-order valence-electron chi connectivity index (χ3n) is 5.82. The van der Waals surface area contributed by atoms with Crippen molar-refractivity contribution in [2.45, 2.75) is 18.9 Å². The highest BCUT2D eigenvalue weighted by Gasteiger charge is 2.35. The van der Waals surface area contributed by atoms with Gasteiger partial charge in [-0.15, -0.1) is 0 Å². The van der Waals surface area contributed by atoms with Gasteiger partial charge in [-0.2, -0.15) is 0 Å². The van der Waals surface area contributed by atoms with Crippen molar-refractivity contribution in [3.05, 3.63) is 64.1 Å². The average Bonchev–Trinajstić information content (AvgIpc) is 3.21. The molecular formula is C22H21N3O4S. The van der Waals surface area contributed by atoms with Gasteiger partial charge in [-0.3, -0.25) is 14.9 Å². The highest BCUT2D eigenvalue weighted by atomic mass is 32.1. The van der Waals surface area contributed by atoms with Crippen LogP contribution in [0.4, 0.5) is 0 Å². The Labute approximate surface area is 178 Å². The van der Waals surface area contributed by atoms with Crippen molar-refractivity contribution in [2.24, 2.45) is 5.92 Å². The molecule has 3 aliphatic heterocycles. The van der Waals surface area contributed by atoms with Crippen LogP contribution in [0.5, 0.6) is 11.5 Å². The SMILES string of the molecule is O=C(/C=C/c1ccc2c(c1)OCO2)NC(=S)N1C[C@@H]2C[C@H](C1)c1cccc(=O)n1C2. The van der Waals surface area contributed by atoms with Crippen LogP contribution in [-0.2, 0) is 11.3 Å². The third-order valence-corrected chi connectivity index (χ3v) is 6.18. The summed E-state index contributed by atoms with van der Waals surface area (Å²) in [4.78, 5) is 26.6. The molecular weight excluding hydrogens is 402 g/mol. The highest BCUT2D eigenvalue weighted by Crippen LogP contribution is 2.35. The molecule has 0 saturated carbocycles. The summed E-state index contributed by atoms with van der Waals surface area (Å²) in [5.74, 6) is 1.69. The van der Waals surface area contributed by atoms with Gasteiger partial charge in [0.2, 0.25) is 12.7 Å². The predicted octanol–water partition coefficient (Wildman–Crippen LogP) is 2.11. The number of likely N-dealkylation sites (tertiary alicyclic amines) is 1. The second-order valence-electron chi connectivity index (χ2n) is 7.84. The number of amides is 1.